The van der Waals surface area contributed by atoms with Crippen LogP contribution in [0.15, 0.2) is 72.8 Å². The van der Waals surface area contributed by atoms with Gasteiger partial charge in [0.15, 0.2) is 6.17 Å². The number of rotatable bonds is 10. The summed E-state index contributed by atoms with van der Waals surface area (Å²) in [6.07, 6.45) is -1.88. The molecule has 0 bridgehead atoms. The van der Waals surface area contributed by atoms with Crippen molar-refractivity contribution in [1.29, 1.82) is 0 Å². The van der Waals surface area contributed by atoms with Crippen LogP contribution >= 0.6 is 0 Å². The van der Waals surface area contributed by atoms with E-state index in [9.17, 15) is 28.7 Å². The molecule has 1 fully saturated rings. The summed E-state index contributed by atoms with van der Waals surface area (Å²) in [7, 11) is 3.00. The Morgan fingerprint density at radius 3 is 2.22 bits per heavy atom. The monoisotopic (exact) mass is 563 g/mol. The Balaban J connectivity index is 1.64. The largest absolute Gasteiger partial charge is 0.497 e. The molecule has 10 nitrogen and oxygen atoms in total. The first-order chi connectivity index (χ1) is 19.7. The molecule has 2 unspecified atom stereocenters. The van der Waals surface area contributed by atoms with Crippen LogP contribution in [0.2, 0.25) is 0 Å². The van der Waals surface area contributed by atoms with Gasteiger partial charge in [-0.15, -0.1) is 0 Å². The summed E-state index contributed by atoms with van der Waals surface area (Å²) >= 11 is 0. The van der Waals surface area contributed by atoms with E-state index in [1.54, 1.807) is 42.5 Å². The van der Waals surface area contributed by atoms with Gasteiger partial charge in [0.2, 0.25) is 5.91 Å². The quantitative estimate of drug-likeness (QED) is 0.389. The zero-order valence-corrected chi connectivity index (χ0v) is 22.6. The summed E-state index contributed by atoms with van der Waals surface area (Å²) in [5.41, 5.74) is 1.30. The highest BCUT2D eigenvalue weighted by atomic mass is 19.1. The highest BCUT2D eigenvalue weighted by Gasteiger charge is 2.43. The Bertz CT molecular complexity index is 1410. The number of ether oxygens (including phenoxy) is 2. The van der Waals surface area contributed by atoms with Gasteiger partial charge in [-0.3, -0.25) is 19.2 Å². The molecule has 0 spiro atoms. The van der Waals surface area contributed by atoms with E-state index in [4.69, 9.17) is 9.47 Å². The Kier molecular flexibility index (Phi) is 9.18. The predicted octanol–water partition coefficient (Wildman–Crippen LogP) is 3.03. The third-order valence-electron chi connectivity index (χ3n) is 6.79. The molecule has 11 heteroatoms. The molecule has 1 aliphatic rings. The molecular weight excluding hydrogens is 533 g/mol. The number of carboxylic acid groups (broad SMARTS) is 1. The van der Waals surface area contributed by atoms with Gasteiger partial charge in [0.1, 0.15) is 17.3 Å². The molecule has 1 aliphatic heterocycles. The second kappa shape index (κ2) is 12.9. The summed E-state index contributed by atoms with van der Waals surface area (Å²) in [6, 6.07) is 17.4. The van der Waals surface area contributed by atoms with E-state index in [0.29, 0.717) is 22.6 Å². The van der Waals surface area contributed by atoms with Crippen LogP contribution < -0.4 is 14.8 Å². The van der Waals surface area contributed by atoms with E-state index >= 15 is 0 Å². The van der Waals surface area contributed by atoms with E-state index in [0.717, 1.165) is 12.1 Å². The third-order valence-corrected chi connectivity index (χ3v) is 6.79. The minimum absolute atomic E-state index is 0.0362. The SMILES string of the molecule is COc1ccc(CC(=O)N2CCN(C(=O)c3cccc(OC)c3)C2C(=O)NC(CC(=O)O)c2ccc(F)cc2)cc1. The van der Waals surface area contributed by atoms with Crippen LogP contribution in [0.4, 0.5) is 4.39 Å². The standard InChI is InChI=1S/C30H30FN3O7/c1-40-23-12-6-19(7-13-23)16-26(35)33-14-15-34(30(39)21-4-3-5-24(17-21)41-2)29(33)28(38)32-25(18-27(36)37)20-8-10-22(31)11-9-20/h3-13,17,25,29H,14-16,18H2,1-2H3,(H,32,38)(H,36,37). The van der Waals surface area contributed by atoms with Gasteiger partial charge in [-0.25, -0.2) is 4.39 Å². The first-order valence-corrected chi connectivity index (χ1v) is 12.8. The van der Waals surface area contributed by atoms with Crippen molar-refractivity contribution in [2.24, 2.45) is 0 Å². The van der Waals surface area contributed by atoms with Gasteiger partial charge in [-0.2, -0.15) is 0 Å². The van der Waals surface area contributed by atoms with Crippen LogP contribution in [-0.2, 0) is 20.8 Å². The van der Waals surface area contributed by atoms with Crippen molar-refractivity contribution in [3.05, 3.63) is 95.3 Å². The van der Waals surface area contributed by atoms with Crippen LogP contribution in [0.3, 0.4) is 0 Å². The van der Waals surface area contributed by atoms with Crippen molar-refractivity contribution in [1.82, 2.24) is 15.1 Å². The lowest BCUT2D eigenvalue weighted by Gasteiger charge is -2.31. The van der Waals surface area contributed by atoms with Crippen molar-refractivity contribution in [2.45, 2.75) is 25.0 Å². The Morgan fingerprint density at radius 1 is 0.927 bits per heavy atom. The van der Waals surface area contributed by atoms with E-state index < -0.39 is 48.1 Å². The average Bonchev–Trinajstić information content (AvgIpc) is 3.42. The number of nitrogens with one attached hydrogen (secondary N) is 1. The number of methoxy groups -OCH3 is 2. The topological polar surface area (TPSA) is 125 Å². The Morgan fingerprint density at radius 2 is 1.59 bits per heavy atom. The minimum Gasteiger partial charge on any atom is -0.497 e. The lowest BCUT2D eigenvalue weighted by Crippen LogP contribution is -2.54. The van der Waals surface area contributed by atoms with E-state index in [-0.39, 0.29) is 25.1 Å². The number of carbonyl (C=O) groups is 4. The zero-order chi connectivity index (χ0) is 29.5. The van der Waals surface area contributed by atoms with Crippen molar-refractivity contribution in [3.8, 4) is 11.5 Å². The van der Waals surface area contributed by atoms with Crippen molar-refractivity contribution >= 4 is 23.7 Å². The fourth-order valence-electron chi connectivity index (χ4n) is 4.69. The molecule has 2 atom stereocenters. The average molecular weight is 564 g/mol. The number of amides is 3. The van der Waals surface area contributed by atoms with Gasteiger partial charge in [0.25, 0.3) is 11.8 Å². The number of halogens is 1. The summed E-state index contributed by atoms with van der Waals surface area (Å²) in [4.78, 5) is 55.1. The van der Waals surface area contributed by atoms with Crippen molar-refractivity contribution in [2.75, 3.05) is 27.3 Å². The second-order valence-electron chi connectivity index (χ2n) is 9.43. The maximum absolute atomic E-state index is 13.8. The van der Waals surface area contributed by atoms with Gasteiger partial charge < -0.3 is 29.7 Å². The van der Waals surface area contributed by atoms with Crippen molar-refractivity contribution < 1.29 is 38.1 Å². The fourth-order valence-corrected chi connectivity index (χ4v) is 4.69. The Labute approximate surface area is 236 Å². The molecule has 3 aromatic rings. The van der Waals surface area contributed by atoms with Gasteiger partial charge in [0.05, 0.1) is 33.1 Å². The van der Waals surface area contributed by atoms with Gasteiger partial charge in [-0.05, 0) is 53.6 Å². The van der Waals surface area contributed by atoms with Crippen LogP contribution in [-0.4, -0.2) is 72.1 Å². The molecule has 0 aliphatic carbocycles. The molecule has 0 aromatic heterocycles. The van der Waals surface area contributed by atoms with Crippen molar-refractivity contribution in [3.63, 3.8) is 0 Å². The molecule has 0 radical (unpaired) electrons. The van der Waals surface area contributed by atoms with Crippen LogP contribution in [0, 0.1) is 5.82 Å². The molecule has 3 amide bonds. The van der Waals surface area contributed by atoms with Crippen LogP contribution in [0.5, 0.6) is 11.5 Å². The van der Waals surface area contributed by atoms with Crippen LogP contribution in [0.1, 0.15) is 33.9 Å². The Hall–Kier alpha value is -4.93. The smallest absolute Gasteiger partial charge is 0.305 e. The van der Waals surface area contributed by atoms with Crippen LogP contribution in [0.25, 0.3) is 0 Å². The normalized spacial score (nSPS) is 15.2. The maximum atomic E-state index is 13.8. The highest BCUT2D eigenvalue weighted by Crippen LogP contribution is 2.25. The number of aliphatic carboxylic acids is 1. The summed E-state index contributed by atoms with van der Waals surface area (Å²) in [5.74, 6) is -2.27. The molecule has 0 saturated carbocycles. The van der Waals surface area contributed by atoms with E-state index in [1.165, 1.54) is 42.2 Å². The zero-order valence-electron chi connectivity index (χ0n) is 22.6. The summed E-state index contributed by atoms with van der Waals surface area (Å²) in [5, 5.41) is 12.2. The number of carbonyl (C=O) groups excluding carboxylic acids is 3. The molecule has 1 heterocycles. The van der Waals surface area contributed by atoms with E-state index in [2.05, 4.69) is 5.32 Å². The number of benzene rings is 3. The molecule has 1 saturated heterocycles. The number of carboxylic acids is 1. The highest BCUT2D eigenvalue weighted by molar-refractivity contribution is 5.99. The predicted molar refractivity (Wildman–Crippen MR) is 146 cm³/mol. The number of nitrogens with zero attached hydrogens (tertiary/aromatic N) is 2. The van der Waals surface area contributed by atoms with Gasteiger partial charge in [-0.1, -0.05) is 30.3 Å². The molecular formula is C30H30FN3O7. The molecule has 3 aromatic carbocycles. The molecule has 41 heavy (non-hydrogen) atoms. The maximum Gasteiger partial charge on any atom is 0.305 e. The first-order valence-electron chi connectivity index (χ1n) is 12.8. The second-order valence-corrected chi connectivity index (χ2v) is 9.43. The number of hydrogen-bond donors (Lipinski definition) is 2. The molecule has 4 rings (SSSR count). The third kappa shape index (κ3) is 6.99. The van der Waals surface area contributed by atoms with E-state index in [1.807, 2.05) is 0 Å². The minimum atomic E-state index is -1.35. The van der Waals surface area contributed by atoms with Gasteiger partial charge >= 0.3 is 5.97 Å². The number of hydrogen-bond acceptors (Lipinski definition) is 6. The first kappa shape index (κ1) is 29.1. The lowest BCUT2D eigenvalue weighted by molar-refractivity contribution is -0.142. The van der Waals surface area contributed by atoms with Gasteiger partial charge in [0, 0.05) is 18.7 Å². The summed E-state index contributed by atoms with van der Waals surface area (Å²) in [6.45, 7) is 0.158. The fraction of sp³-hybridized carbons (Fsp3) is 0.267. The summed E-state index contributed by atoms with van der Waals surface area (Å²) < 4.78 is 23.9. The lowest BCUT2D eigenvalue weighted by atomic mass is 10.0. The molecule has 214 valence electrons. The molecule has 2 N–H and O–H groups in total.